The summed E-state index contributed by atoms with van der Waals surface area (Å²) >= 11 is 0. The lowest BCUT2D eigenvalue weighted by Gasteiger charge is -2.38. The van der Waals surface area contributed by atoms with Crippen molar-refractivity contribution in [3.05, 3.63) is 11.6 Å². The molecule has 94 valence electrons. The summed E-state index contributed by atoms with van der Waals surface area (Å²) in [5, 5.41) is 3.48. The zero-order valence-electron chi connectivity index (χ0n) is 11.7. The Morgan fingerprint density at radius 3 is 2.38 bits per heavy atom. The number of rotatable bonds is 5. The van der Waals surface area contributed by atoms with Crippen LogP contribution < -0.4 is 5.32 Å². The molecule has 1 rings (SSSR count). The minimum absolute atomic E-state index is 0.752. The van der Waals surface area contributed by atoms with Gasteiger partial charge in [-0.15, -0.1) is 0 Å². The van der Waals surface area contributed by atoms with Crippen molar-refractivity contribution in [1.29, 1.82) is 0 Å². The fraction of sp³-hybridized carbons (Fsp3) is 0.867. The van der Waals surface area contributed by atoms with Crippen LogP contribution in [0.25, 0.3) is 0 Å². The van der Waals surface area contributed by atoms with Crippen molar-refractivity contribution in [2.75, 3.05) is 13.1 Å². The highest BCUT2D eigenvalue weighted by atomic mass is 14.8. The van der Waals surface area contributed by atoms with E-state index in [1.54, 1.807) is 5.57 Å². The number of likely N-dealkylation sites (N-methyl/N-ethyl adjacent to an activating group) is 1. The van der Waals surface area contributed by atoms with Crippen LogP contribution in [0.15, 0.2) is 11.6 Å². The van der Waals surface area contributed by atoms with Crippen molar-refractivity contribution in [2.24, 2.45) is 23.7 Å². The lowest BCUT2D eigenvalue weighted by Crippen LogP contribution is -2.33. The SMILES string of the molecule is CCCC1C=C(CNCC)C(C)C(C)C1C. The van der Waals surface area contributed by atoms with Crippen molar-refractivity contribution in [3.8, 4) is 0 Å². The van der Waals surface area contributed by atoms with Crippen molar-refractivity contribution < 1.29 is 0 Å². The topological polar surface area (TPSA) is 12.0 Å². The van der Waals surface area contributed by atoms with E-state index in [2.05, 4.69) is 46.0 Å². The van der Waals surface area contributed by atoms with E-state index in [0.717, 1.165) is 36.8 Å². The smallest absolute Gasteiger partial charge is 0.0167 e. The highest BCUT2D eigenvalue weighted by Gasteiger charge is 2.31. The Hall–Kier alpha value is -0.300. The molecule has 0 aliphatic heterocycles. The van der Waals surface area contributed by atoms with Crippen LogP contribution in [0.2, 0.25) is 0 Å². The first-order valence-electron chi connectivity index (χ1n) is 7.03. The molecule has 4 atom stereocenters. The number of nitrogens with one attached hydrogen (secondary N) is 1. The third-order valence-electron chi connectivity index (χ3n) is 4.51. The molecule has 16 heavy (non-hydrogen) atoms. The van der Waals surface area contributed by atoms with E-state index in [-0.39, 0.29) is 0 Å². The Balaban J connectivity index is 2.74. The van der Waals surface area contributed by atoms with Crippen LogP contribution in [0.4, 0.5) is 0 Å². The lowest BCUT2D eigenvalue weighted by atomic mass is 9.68. The molecule has 1 nitrogen and oxygen atoms in total. The summed E-state index contributed by atoms with van der Waals surface area (Å²) in [4.78, 5) is 0. The van der Waals surface area contributed by atoms with E-state index in [0.29, 0.717) is 0 Å². The average Bonchev–Trinajstić information content (AvgIpc) is 2.28. The van der Waals surface area contributed by atoms with Gasteiger partial charge in [-0.2, -0.15) is 0 Å². The van der Waals surface area contributed by atoms with E-state index < -0.39 is 0 Å². The predicted octanol–water partition coefficient (Wildman–Crippen LogP) is 3.86. The maximum atomic E-state index is 3.48. The number of hydrogen-bond acceptors (Lipinski definition) is 1. The first-order valence-corrected chi connectivity index (χ1v) is 7.03. The Kier molecular flexibility index (Phi) is 5.54. The highest BCUT2D eigenvalue weighted by molar-refractivity contribution is 5.16. The zero-order valence-corrected chi connectivity index (χ0v) is 11.7. The molecule has 0 heterocycles. The van der Waals surface area contributed by atoms with Crippen LogP contribution in [0.3, 0.4) is 0 Å². The quantitative estimate of drug-likeness (QED) is 0.698. The average molecular weight is 223 g/mol. The van der Waals surface area contributed by atoms with Gasteiger partial charge in [0.05, 0.1) is 0 Å². The second kappa shape index (κ2) is 6.44. The molecule has 1 aliphatic rings. The molecular formula is C15H29N. The molecule has 1 aliphatic carbocycles. The Labute approximate surface area is 102 Å². The summed E-state index contributed by atoms with van der Waals surface area (Å²) in [6.07, 6.45) is 5.23. The van der Waals surface area contributed by atoms with Crippen molar-refractivity contribution in [2.45, 2.75) is 47.5 Å². The summed E-state index contributed by atoms with van der Waals surface area (Å²) in [5.41, 5.74) is 1.64. The van der Waals surface area contributed by atoms with Gasteiger partial charge in [0.25, 0.3) is 0 Å². The molecule has 1 heteroatoms. The summed E-state index contributed by atoms with van der Waals surface area (Å²) in [5.74, 6) is 3.24. The molecule has 0 radical (unpaired) electrons. The Morgan fingerprint density at radius 1 is 1.12 bits per heavy atom. The monoisotopic (exact) mass is 223 g/mol. The Bertz CT molecular complexity index is 232. The molecule has 0 spiro atoms. The number of hydrogen-bond donors (Lipinski definition) is 1. The number of allylic oxidation sites excluding steroid dienone is 1. The lowest BCUT2D eigenvalue weighted by molar-refractivity contribution is 0.216. The predicted molar refractivity (Wildman–Crippen MR) is 72.5 cm³/mol. The third-order valence-corrected chi connectivity index (χ3v) is 4.51. The fourth-order valence-electron chi connectivity index (χ4n) is 2.93. The second-order valence-corrected chi connectivity index (χ2v) is 5.48. The largest absolute Gasteiger partial charge is 0.313 e. The van der Waals surface area contributed by atoms with Gasteiger partial charge in [0.2, 0.25) is 0 Å². The van der Waals surface area contributed by atoms with Crippen molar-refractivity contribution in [1.82, 2.24) is 5.32 Å². The molecule has 1 N–H and O–H groups in total. The van der Waals surface area contributed by atoms with E-state index in [1.807, 2.05) is 0 Å². The van der Waals surface area contributed by atoms with E-state index in [4.69, 9.17) is 0 Å². The summed E-state index contributed by atoms with van der Waals surface area (Å²) in [6, 6.07) is 0. The van der Waals surface area contributed by atoms with Gasteiger partial charge in [-0.25, -0.2) is 0 Å². The molecule has 0 fully saturated rings. The van der Waals surface area contributed by atoms with E-state index >= 15 is 0 Å². The van der Waals surface area contributed by atoms with Gasteiger partial charge in [0, 0.05) is 6.54 Å². The minimum atomic E-state index is 0.752. The van der Waals surface area contributed by atoms with Crippen LogP contribution in [-0.4, -0.2) is 13.1 Å². The van der Waals surface area contributed by atoms with Gasteiger partial charge in [0.1, 0.15) is 0 Å². The third kappa shape index (κ3) is 3.10. The highest BCUT2D eigenvalue weighted by Crippen LogP contribution is 2.39. The second-order valence-electron chi connectivity index (χ2n) is 5.48. The van der Waals surface area contributed by atoms with Gasteiger partial charge >= 0.3 is 0 Å². The van der Waals surface area contributed by atoms with Crippen LogP contribution in [0.1, 0.15) is 47.5 Å². The van der Waals surface area contributed by atoms with Crippen LogP contribution in [-0.2, 0) is 0 Å². The molecule has 0 amide bonds. The van der Waals surface area contributed by atoms with E-state index in [9.17, 15) is 0 Å². The van der Waals surface area contributed by atoms with Crippen LogP contribution in [0, 0.1) is 23.7 Å². The van der Waals surface area contributed by atoms with Crippen molar-refractivity contribution >= 4 is 0 Å². The normalized spacial score (nSPS) is 34.9. The summed E-state index contributed by atoms with van der Waals surface area (Å²) in [7, 11) is 0. The Morgan fingerprint density at radius 2 is 1.81 bits per heavy atom. The molecule has 0 saturated carbocycles. The standard InChI is InChI=1S/C15H29N/c1-6-8-14-9-15(10-16-7-2)13(5)11(3)12(14)4/h9,11-14,16H,6-8,10H2,1-5H3. The summed E-state index contributed by atoms with van der Waals surface area (Å²) < 4.78 is 0. The maximum Gasteiger partial charge on any atom is 0.0167 e. The molecule has 0 aromatic heterocycles. The van der Waals surface area contributed by atoms with Gasteiger partial charge in [-0.05, 0) is 36.6 Å². The van der Waals surface area contributed by atoms with Gasteiger partial charge in [0.15, 0.2) is 0 Å². The van der Waals surface area contributed by atoms with Gasteiger partial charge in [-0.1, -0.05) is 52.7 Å². The fourth-order valence-corrected chi connectivity index (χ4v) is 2.93. The zero-order chi connectivity index (χ0) is 12.1. The first kappa shape index (κ1) is 13.8. The van der Waals surface area contributed by atoms with Gasteiger partial charge in [-0.3, -0.25) is 0 Å². The molecule has 0 bridgehead atoms. The van der Waals surface area contributed by atoms with Crippen LogP contribution >= 0.6 is 0 Å². The molecule has 4 unspecified atom stereocenters. The molecule has 0 saturated heterocycles. The van der Waals surface area contributed by atoms with Crippen LogP contribution in [0.5, 0.6) is 0 Å². The van der Waals surface area contributed by atoms with E-state index in [1.165, 1.54) is 12.8 Å². The van der Waals surface area contributed by atoms with Gasteiger partial charge < -0.3 is 5.32 Å². The van der Waals surface area contributed by atoms with Crippen molar-refractivity contribution in [3.63, 3.8) is 0 Å². The molecular weight excluding hydrogens is 194 g/mol. The molecule has 0 aromatic rings. The minimum Gasteiger partial charge on any atom is -0.313 e. The summed E-state index contributed by atoms with van der Waals surface area (Å²) in [6.45, 7) is 13.9. The first-order chi connectivity index (χ1) is 7.61. The molecule has 0 aromatic carbocycles. The maximum absolute atomic E-state index is 3.48.